The van der Waals surface area contributed by atoms with Crippen molar-refractivity contribution in [3.8, 4) is 17.0 Å². The van der Waals surface area contributed by atoms with E-state index in [-0.39, 0.29) is 11.4 Å². The second-order valence-electron chi connectivity index (χ2n) is 6.03. The number of nitrogens with zero attached hydrogens (tertiary/aromatic N) is 3. The molecular weight excluding hydrogens is 394 g/mol. The number of carbonyl (C=O) groups excluding carboxylic acids is 1. The second-order valence-corrected chi connectivity index (χ2v) is 6.03. The maximum atomic E-state index is 12.4. The van der Waals surface area contributed by atoms with E-state index in [4.69, 9.17) is 0 Å². The van der Waals surface area contributed by atoms with Crippen LogP contribution in [0.3, 0.4) is 0 Å². The molecule has 0 saturated heterocycles. The van der Waals surface area contributed by atoms with Gasteiger partial charge in [-0.2, -0.15) is 18.9 Å². The lowest BCUT2D eigenvalue weighted by Crippen LogP contribution is -2.28. The minimum absolute atomic E-state index is 0.151. The smallest absolute Gasteiger partial charge is 0.388 e. The Bertz CT molecular complexity index is 1190. The van der Waals surface area contributed by atoms with Gasteiger partial charge >= 0.3 is 6.61 Å². The van der Waals surface area contributed by atoms with Gasteiger partial charge in [0, 0.05) is 29.4 Å². The predicted octanol–water partition coefficient (Wildman–Crippen LogP) is 3.47. The highest BCUT2D eigenvalue weighted by Crippen LogP contribution is 2.30. The van der Waals surface area contributed by atoms with E-state index in [1.165, 1.54) is 16.8 Å². The van der Waals surface area contributed by atoms with Crippen molar-refractivity contribution in [3.05, 3.63) is 48.4 Å². The van der Waals surface area contributed by atoms with Crippen molar-refractivity contribution in [2.24, 2.45) is 0 Å². The van der Waals surface area contributed by atoms with Crippen LogP contribution in [0.5, 0.6) is 5.88 Å². The Balaban J connectivity index is 1.71. The zero-order valence-corrected chi connectivity index (χ0v) is 14.6. The Morgan fingerprint density at radius 1 is 1.24 bits per heavy atom. The number of amides is 1. The molecule has 150 valence electrons. The van der Waals surface area contributed by atoms with Gasteiger partial charge in [-0.3, -0.25) is 4.79 Å². The van der Waals surface area contributed by atoms with E-state index in [1.807, 2.05) is 0 Å². The SMILES string of the molecule is O=C(NCC(F)F)c1cnn2ccc(-c3c[nH]c4nc(OC(F)F)ccc34)cc12. The zero-order chi connectivity index (χ0) is 20.5. The average Bonchev–Trinajstić information content (AvgIpc) is 3.28. The van der Waals surface area contributed by atoms with Crippen molar-refractivity contribution in [2.75, 3.05) is 6.54 Å². The van der Waals surface area contributed by atoms with Crippen LogP contribution >= 0.6 is 0 Å². The third-order valence-electron chi connectivity index (χ3n) is 4.22. The number of hydrogen-bond acceptors (Lipinski definition) is 4. The van der Waals surface area contributed by atoms with E-state index in [0.717, 1.165) is 0 Å². The molecule has 29 heavy (non-hydrogen) atoms. The van der Waals surface area contributed by atoms with E-state index < -0.39 is 25.5 Å². The summed E-state index contributed by atoms with van der Waals surface area (Å²) in [7, 11) is 0. The summed E-state index contributed by atoms with van der Waals surface area (Å²) in [5.41, 5.74) is 2.32. The molecule has 0 aliphatic heterocycles. The summed E-state index contributed by atoms with van der Waals surface area (Å²) < 4.78 is 55.2. The Morgan fingerprint density at radius 3 is 2.83 bits per heavy atom. The molecule has 0 unspecified atom stereocenters. The molecule has 0 aromatic carbocycles. The van der Waals surface area contributed by atoms with Crippen LogP contribution in [0.4, 0.5) is 17.6 Å². The third-order valence-corrected chi connectivity index (χ3v) is 4.22. The van der Waals surface area contributed by atoms with Gasteiger partial charge in [0.05, 0.1) is 23.8 Å². The molecule has 2 N–H and O–H groups in total. The number of rotatable bonds is 6. The number of H-pyrrole nitrogens is 1. The van der Waals surface area contributed by atoms with Crippen LogP contribution < -0.4 is 10.1 Å². The van der Waals surface area contributed by atoms with Crippen LogP contribution in [0.1, 0.15) is 10.4 Å². The van der Waals surface area contributed by atoms with Crippen LogP contribution in [-0.4, -0.2) is 45.1 Å². The predicted molar refractivity (Wildman–Crippen MR) is 95.2 cm³/mol. The van der Waals surface area contributed by atoms with Crippen LogP contribution in [-0.2, 0) is 0 Å². The summed E-state index contributed by atoms with van der Waals surface area (Å²) in [6.45, 7) is -3.74. The summed E-state index contributed by atoms with van der Waals surface area (Å²) in [6.07, 6.45) is 1.90. The van der Waals surface area contributed by atoms with Crippen molar-refractivity contribution in [3.63, 3.8) is 0 Å². The van der Waals surface area contributed by atoms with E-state index in [0.29, 0.717) is 27.7 Å². The summed E-state index contributed by atoms with van der Waals surface area (Å²) in [6, 6.07) is 6.33. The number of aromatic nitrogens is 4. The standard InChI is InChI=1S/C18H13F4N5O2/c19-14(20)8-24-17(28)12-7-25-27-4-3-9(5-13(12)27)11-6-23-16-10(11)1-2-15(26-16)29-18(21)22/h1-7,14,18H,8H2,(H,23,26)(H,24,28). The highest BCUT2D eigenvalue weighted by Gasteiger charge is 2.16. The lowest BCUT2D eigenvalue weighted by molar-refractivity contribution is -0.0526. The Morgan fingerprint density at radius 2 is 2.07 bits per heavy atom. The second kappa shape index (κ2) is 7.41. The summed E-state index contributed by atoms with van der Waals surface area (Å²) >= 11 is 0. The summed E-state index contributed by atoms with van der Waals surface area (Å²) in [5.74, 6) is -0.878. The van der Waals surface area contributed by atoms with Gasteiger partial charge in [0.15, 0.2) is 0 Å². The van der Waals surface area contributed by atoms with Crippen LogP contribution in [0.25, 0.3) is 27.7 Å². The monoisotopic (exact) mass is 407 g/mol. The normalized spacial score (nSPS) is 11.7. The Kier molecular flexibility index (Phi) is 4.79. The molecule has 0 aliphatic rings. The Hall–Kier alpha value is -3.63. The molecule has 0 saturated carbocycles. The fourth-order valence-electron chi connectivity index (χ4n) is 2.97. The number of pyridine rings is 2. The number of hydrogen-bond donors (Lipinski definition) is 2. The van der Waals surface area contributed by atoms with Gasteiger partial charge in [-0.05, 0) is 23.8 Å². The minimum atomic E-state index is -2.98. The number of aromatic amines is 1. The molecule has 4 rings (SSSR count). The lowest BCUT2D eigenvalue weighted by atomic mass is 10.1. The minimum Gasteiger partial charge on any atom is -0.417 e. The molecular formula is C18H13F4N5O2. The fraction of sp³-hybridized carbons (Fsp3) is 0.167. The van der Waals surface area contributed by atoms with Crippen molar-refractivity contribution in [1.29, 1.82) is 0 Å². The summed E-state index contributed by atoms with van der Waals surface area (Å²) in [5, 5.41) is 6.85. The van der Waals surface area contributed by atoms with Gasteiger partial charge in [-0.25, -0.2) is 13.3 Å². The van der Waals surface area contributed by atoms with Gasteiger partial charge in [-0.15, -0.1) is 0 Å². The molecule has 0 radical (unpaired) electrons. The highest BCUT2D eigenvalue weighted by atomic mass is 19.3. The first-order chi connectivity index (χ1) is 13.9. The number of halogens is 4. The number of fused-ring (bicyclic) bond motifs is 2. The van der Waals surface area contributed by atoms with Crippen molar-refractivity contribution in [1.82, 2.24) is 24.9 Å². The molecule has 7 nitrogen and oxygen atoms in total. The average molecular weight is 407 g/mol. The van der Waals surface area contributed by atoms with E-state index in [1.54, 1.807) is 30.6 Å². The number of alkyl halides is 4. The molecule has 1 amide bonds. The van der Waals surface area contributed by atoms with E-state index in [2.05, 4.69) is 25.1 Å². The van der Waals surface area contributed by atoms with Crippen LogP contribution in [0.2, 0.25) is 0 Å². The topological polar surface area (TPSA) is 84.3 Å². The van der Waals surface area contributed by atoms with Crippen molar-refractivity contribution >= 4 is 22.5 Å². The fourth-order valence-corrected chi connectivity index (χ4v) is 2.97. The zero-order valence-electron chi connectivity index (χ0n) is 14.6. The third kappa shape index (κ3) is 3.71. The number of carbonyl (C=O) groups is 1. The highest BCUT2D eigenvalue weighted by molar-refractivity contribution is 6.02. The molecule has 0 bridgehead atoms. The molecule has 11 heteroatoms. The molecule has 4 heterocycles. The maximum absolute atomic E-state index is 12.4. The molecule has 0 fully saturated rings. The van der Waals surface area contributed by atoms with Crippen LogP contribution in [0, 0.1) is 0 Å². The number of nitrogens with one attached hydrogen (secondary N) is 2. The van der Waals surface area contributed by atoms with Gasteiger partial charge in [0.2, 0.25) is 5.88 Å². The molecule has 4 aromatic rings. The first kappa shape index (κ1) is 18.7. The lowest BCUT2D eigenvalue weighted by Gasteiger charge is -2.05. The number of ether oxygens (including phenoxy) is 1. The Labute approximate surface area is 160 Å². The quantitative estimate of drug-likeness (QED) is 0.480. The van der Waals surface area contributed by atoms with Crippen molar-refractivity contribution in [2.45, 2.75) is 13.0 Å². The molecule has 0 aliphatic carbocycles. The van der Waals surface area contributed by atoms with E-state index >= 15 is 0 Å². The van der Waals surface area contributed by atoms with Crippen LogP contribution in [0.15, 0.2) is 42.9 Å². The van der Waals surface area contributed by atoms with Crippen molar-refractivity contribution < 1.29 is 27.1 Å². The van der Waals surface area contributed by atoms with Gasteiger partial charge in [0.1, 0.15) is 5.65 Å². The molecule has 0 spiro atoms. The first-order valence-electron chi connectivity index (χ1n) is 8.39. The first-order valence-corrected chi connectivity index (χ1v) is 8.39. The van der Waals surface area contributed by atoms with E-state index in [9.17, 15) is 22.4 Å². The van der Waals surface area contributed by atoms with Gasteiger partial charge in [0.25, 0.3) is 12.3 Å². The van der Waals surface area contributed by atoms with Gasteiger partial charge in [-0.1, -0.05) is 0 Å². The molecule has 4 aromatic heterocycles. The van der Waals surface area contributed by atoms with Gasteiger partial charge < -0.3 is 15.0 Å². The molecule has 0 atom stereocenters. The maximum Gasteiger partial charge on any atom is 0.388 e. The largest absolute Gasteiger partial charge is 0.417 e. The summed E-state index contributed by atoms with van der Waals surface area (Å²) in [4.78, 5) is 19.1.